The van der Waals surface area contributed by atoms with Crippen molar-refractivity contribution in [1.82, 2.24) is 9.88 Å². The molecule has 3 aromatic rings. The molecule has 148 valence electrons. The Bertz CT molecular complexity index is 1050. The Hall–Kier alpha value is -3.32. The van der Waals surface area contributed by atoms with Crippen molar-refractivity contribution in [3.63, 3.8) is 0 Å². The minimum Gasteiger partial charge on any atom is -0.510 e. The van der Waals surface area contributed by atoms with Crippen molar-refractivity contribution in [2.45, 2.75) is 0 Å². The first-order valence-electron chi connectivity index (χ1n) is 9.20. The maximum Gasteiger partial charge on any atom is 0.135 e. The van der Waals surface area contributed by atoms with E-state index < -0.39 is 0 Å². The number of aliphatic hydroxyl groups is 1. The molecule has 0 bridgehead atoms. The number of amidine groups is 1. The Morgan fingerprint density at radius 3 is 2.72 bits per heavy atom. The molecule has 0 atom stereocenters. The van der Waals surface area contributed by atoms with Gasteiger partial charge in [-0.15, -0.1) is 11.3 Å². The van der Waals surface area contributed by atoms with E-state index in [-0.39, 0.29) is 11.6 Å². The maximum atomic E-state index is 10.5. The first kappa shape index (κ1) is 19.0. The van der Waals surface area contributed by atoms with Crippen molar-refractivity contribution in [2.75, 3.05) is 26.8 Å². The predicted octanol–water partition coefficient (Wildman–Crippen LogP) is 4.46. The second-order valence-corrected chi connectivity index (χ2v) is 7.38. The fraction of sp³-hybridized carbons (Fsp3) is 0.182. The van der Waals surface area contributed by atoms with Crippen LogP contribution in [0.25, 0.3) is 16.8 Å². The highest BCUT2D eigenvalue weighted by Gasteiger charge is 2.30. The summed E-state index contributed by atoms with van der Waals surface area (Å²) in [7, 11) is 1.63. The van der Waals surface area contributed by atoms with E-state index in [1.54, 1.807) is 12.0 Å². The Kier molecular flexibility index (Phi) is 5.48. The van der Waals surface area contributed by atoms with Gasteiger partial charge in [-0.2, -0.15) is 0 Å². The van der Waals surface area contributed by atoms with Gasteiger partial charge < -0.3 is 19.5 Å². The molecule has 0 amide bonds. The molecule has 0 aliphatic carbocycles. The third kappa shape index (κ3) is 4.09. The average Bonchev–Trinajstić information content (AvgIpc) is 3.33. The number of ether oxygens (including phenoxy) is 2. The highest BCUT2D eigenvalue weighted by molar-refractivity contribution is 7.11. The molecule has 1 aliphatic heterocycles. The van der Waals surface area contributed by atoms with Crippen molar-refractivity contribution in [1.29, 1.82) is 5.41 Å². The SMILES string of the molecule is COc1cccc(-c2csc(C3=C(O)CN(CCOc4ccccc4)C3=N)n2)c1. The lowest BCUT2D eigenvalue weighted by Gasteiger charge is -2.18. The molecule has 0 fully saturated rings. The van der Waals surface area contributed by atoms with Crippen LogP contribution in [0.3, 0.4) is 0 Å². The molecule has 2 N–H and O–H groups in total. The molecule has 1 aromatic heterocycles. The van der Waals surface area contributed by atoms with Crippen LogP contribution >= 0.6 is 11.3 Å². The summed E-state index contributed by atoms with van der Waals surface area (Å²) in [6, 6.07) is 17.2. The molecule has 2 heterocycles. The highest BCUT2D eigenvalue weighted by atomic mass is 32.1. The molecule has 7 heteroatoms. The van der Waals surface area contributed by atoms with Gasteiger partial charge in [-0.05, 0) is 24.3 Å². The van der Waals surface area contributed by atoms with E-state index in [2.05, 4.69) is 4.98 Å². The van der Waals surface area contributed by atoms with Gasteiger partial charge in [0.15, 0.2) is 0 Å². The number of hydrogen-bond acceptors (Lipinski definition) is 6. The normalized spacial score (nSPS) is 13.8. The zero-order valence-electron chi connectivity index (χ0n) is 16.0. The Morgan fingerprint density at radius 2 is 1.93 bits per heavy atom. The summed E-state index contributed by atoms with van der Waals surface area (Å²) in [5, 5.41) is 21.5. The quantitative estimate of drug-likeness (QED) is 0.605. The summed E-state index contributed by atoms with van der Waals surface area (Å²) < 4.78 is 11.0. The number of rotatable bonds is 7. The van der Waals surface area contributed by atoms with Crippen molar-refractivity contribution in [2.24, 2.45) is 0 Å². The number of nitrogens with zero attached hydrogens (tertiary/aromatic N) is 2. The third-order valence-electron chi connectivity index (χ3n) is 4.64. The van der Waals surface area contributed by atoms with Crippen LogP contribution in [-0.4, -0.2) is 47.6 Å². The van der Waals surface area contributed by atoms with Crippen LogP contribution in [0, 0.1) is 5.41 Å². The Labute approximate surface area is 173 Å². The van der Waals surface area contributed by atoms with Gasteiger partial charge in [0, 0.05) is 10.9 Å². The predicted molar refractivity (Wildman–Crippen MR) is 115 cm³/mol. The smallest absolute Gasteiger partial charge is 0.135 e. The summed E-state index contributed by atoms with van der Waals surface area (Å²) >= 11 is 1.42. The van der Waals surface area contributed by atoms with Crippen LogP contribution < -0.4 is 9.47 Å². The maximum absolute atomic E-state index is 10.5. The third-order valence-corrected chi connectivity index (χ3v) is 5.50. The molecule has 1 aliphatic rings. The number of hydrogen-bond donors (Lipinski definition) is 2. The average molecular weight is 407 g/mol. The highest BCUT2D eigenvalue weighted by Crippen LogP contribution is 2.32. The fourth-order valence-corrected chi connectivity index (χ4v) is 4.04. The Balaban J connectivity index is 1.44. The number of methoxy groups -OCH3 is 1. The van der Waals surface area contributed by atoms with Crippen LogP contribution in [0.1, 0.15) is 5.01 Å². The number of nitrogens with one attached hydrogen (secondary N) is 1. The minimum atomic E-state index is 0.168. The summed E-state index contributed by atoms with van der Waals surface area (Å²) in [4.78, 5) is 6.44. The second-order valence-electron chi connectivity index (χ2n) is 6.52. The molecule has 6 nitrogen and oxygen atoms in total. The topological polar surface area (TPSA) is 78.7 Å². The lowest BCUT2D eigenvalue weighted by Crippen LogP contribution is -2.31. The zero-order valence-corrected chi connectivity index (χ0v) is 16.8. The molecule has 0 saturated heterocycles. The van der Waals surface area contributed by atoms with Crippen LogP contribution in [0.5, 0.6) is 11.5 Å². The van der Waals surface area contributed by atoms with Crippen molar-refractivity contribution >= 4 is 22.7 Å². The lowest BCUT2D eigenvalue weighted by atomic mass is 10.1. The van der Waals surface area contributed by atoms with Gasteiger partial charge in [0.2, 0.25) is 0 Å². The van der Waals surface area contributed by atoms with Crippen LogP contribution in [0.15, 0.2) is 65.7 Å². The first-order valence-corrected chi connectivity index (χ1v) is 10.1. The fourth-order valence-electron chi connectivity index (χ4n) is 3.14. The van der Waals surface area contributed by atoms with E-state index in [0.29, 0.717) is 30.3 Å². The second kappa shape index (κ2) is 8.36. The molecule has 0 radical (unpaired) electrons. The van der Waals surface area contributed by atoms with Crippen molar-refractivity contribution < 1.29 is 14.6 Å². The van der Waals surface area contributed by atoms with Crippen LogP contribution in [0.2, 0.25) is 0 Å². The van der Waals surface area contributed by atoms with Crippen LogP contribution in [0.4, 0.5) is 0 Å². The molecule has 0 saturated carbocycles. The molecular weight excluding hydrogens is 386 g/mol. The number of benzene rings is 2. The van der Waals surface area contributed by atoms with Gasteiger partial charge in [0.25, 0.3) is 0 Å². The molecule has 0 unspecified atom stereocenters. The molecule has 2 aromatic carbocycles. The van der Waals surface area contributed by atoms with Crippen molar-refractivity contribution in [3.05, 3.63) is 70.7 Å². The van der Waals surface area contributed by atoms with Gasteiger partial charge in [-0.25, -0.2) is 4.98 Å². The van der Waals surface area contributed by atoms with E-state index in [0.717, 1.165) is 22.8 Å². The number of thiazole rings is 1. The van der Waals surface area contributed by atoms with Gasteiger partial charge in [-0.1, -0.05) is 30.3 Å². The summed E-state index contributed by atoms with van der Waals surface area (Å²) in [5.41, 5.74) is 2.22. The molecule has 4 rings (SSSR count). The van der Waals surface area contributed by atoms with Gasteiger partial charge in [0.1, 0.15) is 34.7 Å². The van der Waals surface area contributed by atoms with Crippen LogP contribution in [-0.2, 0) is 0 Å². The minimum absolute atomic E-state index is 0.168. The van der Waals surface area contributed by atoms with Gasteiger partial charge in [-0.3, -0.25) is 5.41 Å². The summed E-state index contributed by atoms with van der Waals surface area (Å²) in [6.45, 7) is 1.23. The van der Waals surface area contributed by atoms with E-state index >= 15 is 0 Å². The lowest BCUT2D eigenvalue weighted by molar-refractivity contribution is 0.265. The largest absolute Gasteiger partial charge is 0.510 e. The summed E-state index contributed by atoms with van der Waals surface area (Å²) in [6.07, 6.45) is 0. The first-order chi connectivity index (χ1) is 14.2. The summed E-state index contributed by atoms with van der Waals surface area (Å²) in [5.74, 6) is 1.99. The number of para-hydroxylation sites is 1. The molecule has 0 spiro atoms. The zero-order chi connectivity index (χ0) is 20.2. The number of aliphatic hydroxyl groups excluding tert-OH is 1. The molecular formula is C22H21N3O3S. The standard InChI is InChI=1S/C22H21N3O3S/c1-27-17-9-5-6-15(12-17)18-14-29-22(24-18)20-19(26)13-25(21(20)23)10-11-28-16-7-3-2-4-8-16/h2-9,12,14,23,26H,10-11,13H2,1H3. The van der Waals surface area contributed by atoms with E-state index in [9.17, 15) is 5.11 Å². The Morgan fingerprint density at radius 1 is 1.14 bits per heavy atom. The van der Waals surface area contributed by atoms with Gasteiger partial charge in [0.05, 0.1) is 31.5 Å². The van der Waals surface area contributed by atoms with E-state index in [1.165, 1.54) is 11.3 Å². The van der Waals surface area contributed by atoms with E-state index in [4.69, 9.17) is 14.9 Å². The van der Waals surface area contributed by atoms with Gasteiger partial charge >= 0.3 is 0 Å². The van der Waals surface area contributed by atoms with Crippen molar-refractivity contribution in [3.8, 4) is 22.8 Å². The molecule has 29 heavy (non-hydrogen) atoms. The number of aromatic nitrogens is 1. The monoisotopic (exact) mass is 407 g/mol. The van der Waals surface area contributed by atoms with E-state index in [1.807, 2.05) is 60.0 Å².